The van der Waals surface area contributed by atoms with Gasteiger partial charge in [0.25, 0.3) is 0 Å². The fraction of sp³-hybridized carbons (Fsp3) is 0.571. The Hall–Kier alpha value is -0.980. The van der Waals surface area contributed by atoms with Crippen molar-refractivity contribution in [2.24, 2.45) is 5.92 Å². The molecule has 0 aliphatic heterocycles. The Balaban J connectivity index is 3.16. The zero-order valence-electron chi connectivity index (χ0n) is 12.6. The minimum atomic E-state index is -3.81. The first-order valence-electron chi connectivity index (χ1n) is 6.62. The van der Waals surface area contributed by atoms with Crippen LogP contribution < -0.4 is 5.32 Å². The summed E-state index contributed by atoms with van der Waals surface area (Å²) in [6, 6.07) is 4.02. The van der Waals surface area contributed by atoms with E-state index in [-0.39, 0.29) is 16.9 Å². The average molecular weight is 302 g/mol. The fourth-order valence-corrected chi connectivity index (χ4v) is 3.40. The standard InChI is InChI=1S/C14H23FN2O2S/c1-10(2)11(3)17(5)20(18,19)14-7-6-12(9-16-4)8-13(14)15/h6-8,10-11,16H,9H2,1-5H3. The second kappa shape index (κ2) is 6.65. The maximum Gasteiger partial charge on any atom is 0.245 e. The van der Waals surface area contributed by atoms with Gasteiger partial charge in [-0.3, -0.25) is 0 Å². The highest BCUT2D eigenvalue weighted by Crippen LogP contribution is 2.23. The lowest BCUT2D eigenvalue weighted by Gasteiger charge is -2.27. The number of nitrogens with zero attached hydrogens (tertiary/aromatic N) is 1. The van der Waals surface area contributed by atoms with Crippen LogP contribution in [0.5, 0.6) is 0 Å². The van der Waals surface area contributed by atoms with Crippen molar-refractivity contribution >= 4 is 10.0 Å². The summed E-state index contributed by atoms with van der Waals surface area (Å²) in [5, 5.41) is 2.90. The van der Waals surface area contributed by atoms with Gasteiger partial charge in [-0.05, 0) is 37.6 Å². The molecule has 1 aromatic carbocycles. The molecule has 0 fully saturated rings. The van der Waals surface area contributed by atoms with Crippen molar-refractivity contribution in [2.75, 3.05) is 14.1 Å². The lowest BCUT2D eigenvalue weighted by atomic mass is 10.1. The molecule has 4 nitrogen and oxygen atoms in total. The molecule has 0 saturated heterocycles. The third-order valence-electron chi connectivity index (χ3n) is 3.57. The Morgan fingerprint density at radius 1 is 1.30 bits per heavy atom. The van der Waals surface area contributed by atoms with Gasteiger partial charge in [0.1, 0.15) is 10.7 Å². The summed E-state index contributed by atoms with van der Waals surface area (Å²) in [6.45, 7) is 6.18. The molecule has 0 amide bonds. The molecular formula is C14H23FN2O2S. The van der Waals surface area contributed by atoms with Crippen LogP contribution in [0, 0.1) is 11.7 Å². The normalized spacial score (nSPS) is 14.0. The van der Waals surface area contributed by atoms with Gasteiger partial charge in [0.2, 0.25) is 10.0 Å². The number of nitrogens with one attached hydrogen (secondary N) is 1. The molecule has 0 radical (unpaired) electrons. The van der Waals surface area contributed by atoms with Gasteiger partial charge in [-0.1, -0.05) is 19.9 Å². The van der Waals surface area contributed by atoms with Gasteiger partial charge in [-0.2, -0.15) is 4.31 Å². The summed E-state index contributed by atoms with van der Waals surface area (Å²) in [6.07, 6.45) is 0. The van der Waals surface area contributed by atoms with E-state index in [2.05, 4.69) is 5.32 Å². The molecule has 0 aliphatic carbocycles. The number of hydrogen-bond acceptors (Lipinski definition) is 3. The molecule has 6 heteroatoms. The molecule has 0 aromatic heterocycles. The molecule has 1 rings (SSSR count). The predicted octanol–water partition coefficient (Wildman–Crippen LogP) is 2.21. The lowest BCUT2D eigenvalue weighted by molar-refractivity contribution is 0.314. The monoisotopic (exact) mass is 302 g/mol. The van der Waals surface area contributed by atoms with Crippen LogP contribution in [0.15, 0.2) is 23.1 Å². The summed E-state index contributed by atoms with van der Waals surface area (Å²) in [5.74, 6) is -0.554. The van der Waals surface area contributed by atoms with Gasteiger partial charge in [-0.25, -0.2) is 12.8 Å². The number of rotatable bonds is 6. The zero-order valence-corrected chi connectivity index (χ0v) is 13.5. The molecule has 1 unspecified atom stereocenters. The molecule has 0 spiro atoms. The molecule has 0 saturated carbocycles. The Kier molecular flexibility index (Phi) is 5.68. The maximum absolute atomic E-state index is 14.1. The first-order valence-corrected chi connectivity index (χ1v) is 8.07. The Morgan fingerprint density at radius 2 is 1.90 bits per heavy atom. The van der Waals surface area contributed by atoms with Crippen LogP contribution in [0.3, 0.4) is 0 Å². The van der Waals surface area contributed by atoms with E-state index in [1.54, 1.807) is 13.1 Å². The molecule has 1 aromatic rings. The third kappa shape index (κ3) is 3.56. The molecule has 1 atom stereocenters. The smallest absolute Gasteiger partial charge is 0.245 e. The van der Waals surface area contributed by atoms with E-state index in [4.69, 9.17) is 0 Å². The van der Waals surface area contributed by atoms with E-state index >= 15 is 0 Å². The van der Waals surface area contributed by atoms with Crippen LogP contribution in [0.1, 0.15) is 26.3 Å². The maximum atomic E-state index is 14.1. The highest BCUT2D eigenvalue weighted by Gasteiger charge is 2.29. The minimum Gasteiger partial charge on any atom is -0.316 e. The SMILES string of the molecule is CNCc1ccc(S(=O)(=O)N(C)C(C)C(C)C)c(F)c1. The van der Waals surface area contributed by atoms with Gasteiger partial charge in [0.05, 0.1) is 0 Å². The van der Waals surface area contributed by atoms with Crippen molar-refractivity contribution in [2.45, 2.75) is 38.3 Å². The topological polar surface area (TPSA) is 49.4 Å². The van der Waals surface area contributed by atoms with Crippen LogP contribution in [-0.2, 0) is 16.6 Å². The van der Waals surface area contributed by atoms with Crippen LogP contribution in [-0.4, -0.2) is 32.9 Å². The summed E-state index contributed by atoms with van der Waals surface area (Å²) < 4.78 is 40.2. The highest BCUT2D eigenvalue weighted by atomic mass is 32.2. The Labute approximate surface area is 121 Å². The van der Waals surface area contributed by atoms with Crippen LogP contribution >= 0.6 is 0 Å². The second-order valence-corrected chi connectivity index (χ2v) is 7.27. The number of benzene rings is 1. The summed E-state index contributed by atoms with van der Waals surface area (Å²) in [4.78, 5) is -0.271. The first-order chi connectivity index (χ1) is 9.21. The van der Waals surface area contributed by atoms with Crippen molar-refractivity contribution in [3.05, 3.63) is 29.6 Å². The fourth-order valence-electron chi connectivity index (χ4n) is 1.86. The van der Waals surface area contributed by atoms with Crippen molar-refractivity contribution in [1.82, 2.24) is 9.62 Å². The quantitative estimate of drug-likeness (QED) is 0.876. The average Bonchev–Trinajstić information content (AvgIpc) is 2.36. The van der Waals surface area contributed by atoms with E-state index in [9.17, 15) is 12.8 Å². The van der Waals surface area contributed by atoms with E-state index < -0.39 is 15.8 Å². The largest absolute Gasteiger partial charge is 0.316 e. The summed E-state index contributed by atoms with van der Waals surface area (Å²) in [5.41, 5.74) is 0.712. The van der Waals surface area contributed by atoms with Gasteiger partial charge < -0.3 is 5.32 Å². The van der Waals surface area contributed by atoms with Gasteiger partial charge in [-0.15, -0.1) is 0 Å². The molecule has 114 valence electrons. The van der Waals surface area contributed by atoms with E-state index in [0.717, 1.165) is 0 Å². The van der Waals surface area contributed by atoms with Crippen LogP contribution in [0.25, 0.3) is 0 Å². The summed E-state index contributed by atoms with van der Waals surface area (Å²) in [7, 11) is -0.570. The minimum absolute atomic E-state index is 0.154. The number of sulfonamides is 1. The van der Waals surface area contributed by atoms with E-state index in [0.29, 0.717) is 12.1 Å². The van der Waals surface area contributed by atoms with E-state index in [1.807, 2.05) is 20.8 Å². The molecule has 0 aliphatic rings. The third-order valence-corrected chi connectivity index (χ3v) is 5.55. The molecule has 1 N–H and O–H groups in total. The second-order valence-electron chi connectivity index (χ2n) is 5.30. The zero-order chi connectivity index (χ0) is 15.5. The van der Waals surface area contributed by atoms with Crippen molar-refractivity contribution < 1.29 is 12.8 Å². The van der Waals surface area contributed by atoms with Crippen LogP contribution in [0.4, 0.5) is 4.39 Å². The van der Waals surface area contributed by atoms with Gasteiger partial charge >= 0.3 is 0 Å². The van der Waals surface area contributed by atoms with E-state index in [1.165, 1.54) is 23.5 Å². The van der Waals surface area contributed by atoms with Gasteiger partial charge in [0, 0.05) is 19.6 Å². The summed E-state index contributed by atoms with van der Waals surface area (Å²) >= 11 is 0. The molecule has 20 heavy (non-hydrogen) atoms. The predicted molar refractivity (Wildman–Crippen MR) is 78.4 cm³/mol. The van der Waals surface area contributed by atoms with Gasteiger partial charge in [0.15, 0.2) is 0 Å². The van der Waals surface area contributed by atoms with Crippen molar-refractivity contribution in [3.8, 4) is 0 Å². The molecular weight excluding hydrogens is 279 g/mol. The lowest BCUT2D eigenvalue weighted by Crippen LogP contribution is -2.38. The molecule has 0 heterocycles. The Bertz CT molecular complexity index is 558. The molecule has 0 bridgehead atoms. The number of halogens is 1. The van der Waals surface area contributed by atoms with Crippen molar-refractivity contribution in [3.63, 3.8) is 0 Å². The number of hydrogen-bond donors (Lipinski definition) is 1. The highest BCUT2D eigenvalue weighted by molar-refractivity contribution is 7.89. The van der Waals surface area contributed by atoms with Crippen molar-refractivity contribution in [1.29, 1.82) is 0 Å². The first kappa shape index (κ1) is 17.1. The van der Waals surface area contributed by atoms with Crippen LogP contribution in [0.2, 0.25) is 0 Å². The Morgan fingerprint density at radius 3 is 2.35 bits per heavy atom.